The van der Waals surface area contributed by atoms with Crippen LogP contribution >= 0.6 is 0 Å². The highest BCUT2D eigenvalue weighted by molar-refractivity contribution is 6.05. The fraction of sp³-hybridized carbons (Fsp3) is 0.387. The number of amides is 1. The molecule has 0 saturated heterocycles. The second-order valence-corrected chi connectivity index (χ2v) is 10.9. The molecule has 0 atom stereocenters. The summed E-state index contributed by atoms with van der Waals surface area (Å²) in [6.45, 7) is 0. The maximum atomic E-state index is 13.1. The van der Waals surface area contributed by atoms with Gasteiger partial charge < -0.3 is 5.32 Å². The number of rotatable bonds is 6. The molecule has 4 aliphatic rings. The second kappa shape index (κ2) is 8.48. The van der Waals surface area contributed by atoms with Gasteiger partial charge in [0.15, 0.2) is 0 Å². The first-order valence-corrected chi connectivity index (χ1v) is 12.7. The molecule has 3 aromatic rings. The summed E-state index contributed by atoms with van der Waals surface area (Å²) in [6, 6.07) is 27.3. The van der Waals surface area contributed by atoms with Crippen LogP contribution in [0.25, 0.3) is 0 Å². The molecule has 1 N–H and O–H groups in total. The van der Waals surface area contributed by atoms with E-state index in [2.05, 4.69) is 59.9 Å². The molecule has 4 aliphatic carbocycles. The zero-order valence-corrected chi connectivity index (χ0v) is 19.3. The third-order valence-electron chi connectivity index (χ3n) is 8.58. The molecule has 4 fully saturated rings. The van der Waals surface area contributed by atoms with Crippen molar-refractivity contribution in [3.8, 4) is 0 Å². The first-order valence-electron chi connectivity index (χ1n) is 12.7. The summed E-state index contributed by atoms with van der Waals surface area (Å²) in [7, 11) is 0. The van der Waals surface area contributed by atoms with Crippen LogP contribution in [0.15, 0.2) is 78.9 Å². The van der Waals surface area contributed by atoms with Crippen LogP contribution in [0, 0.1) is 17.8 Å². The van der Waals surface area contributed by atoms with E-state index in [1.165, 1.54) is 49.7 Å². The minimum Gasteiger partial charge on any atom is -0.322 e. The molecule has 0 unspecified atom stereocenters. The highest BCUT2D eigenvalue weighted by Crippen LogP contribution is 2.60. The van der Waals surface area contributed by atoms with Gasteiger partial charge >= 0.3 is 0 Å². The summed E-state index contributed by atoms with van der Waals surface area (Å²) in [5.41, 5.74) is 5.98. The van der Waals surface area contributed by atoms with Crippen molar-refractivity contribution >= 4 is 11.6 Å². The lowest BCUT2D eigenvalue weighted by Crippen LogP contribution is -2.48. The number of hydrogen-bond donors (Lipinski definition) is 1. The molecule has 2 heteroatoms. The maximum absolute atomic E-state index is 13.1. The third kappa shape index (κ3) is 4.12. The van der Waals surface area contributed by atoms with E-state index in [1.54, 1.807) is 0 Å². The van der Waals surface area contributed by atoms with Crippen molar-refractivity contribution in [1.29, 1.82) is 0 Å². The fourth-order valence-electron chi connectivity index (χ4n) is 7.45. The van der Waals surface area contributed by atoms with Gasteiger partial charge in [-0.3, -0.25) is 4.79 Å². The first kappa shape index (κ1) is 20.7. The van der Waals surface area contributed by atoms with Crippen LogP contribution in [-0.2, 0) is 18.3 Å². The Morgan fingerprint density at radius 2 is 1.33 bits per heavy atom. The quantitative estimate of drug-likeness (QED) is 0.436. The topological polar surface area (TPSA) is 29.1 Å². The Morgan fingerprint density at radius 1 is 0.727 bits per heavy atom. The average Bonchev–Trinajstić information content (AvgIpc) is 2.83. The van der Waals surface area contributed by atoms with E-state index in [-0.39, 0.29) is 5.91 Å². The van der Waals surface area contributed by atoms with E-state index in [1.807, 2.05) is 24.3 Å². The normalized spacial score (nSPS) is 27.5. The molecule has 0 aliphatic heterocycles. The number of hydrogen-bond acceptors (Lipinski definition) is 1. The Balaban J connectivity index is 1.15. The van der Waals surface area contributed by atoms with Crippen molar-refractivity contribution in [2.24, 2.45) is 17.8 Å². The summed E-state index contributed by atoms with van der Waals surface area (Å²) >= 11 is 0. The second-order valence-electron chi connectivity index (χ2n) is 10.9. The SMILES string of the molecule is O=C(Nc1ccc(C23CC4CC(CC(C4)C2)C3)cc1)c1ccccc1CCc1ccccc1. The largest absolute Gasteiger partial charge is 0.322 e. The van der Waals surface area contributed by atoms with Crippen molar-refractivity contribution in [1.82, 2.24) is 0 Å². The van der Waals surface area contributed by atoms with Crippen LogP contribution in [0.1, 0.15) is 65.6 Å². The molecule has 0 aromatic heterocycles. The van der Waals surface area contributed by atoms with E-state index in [9.17, 15) is 4.79 Å². The predicted octanol–water partition coefficient (Wildman–Crippen LogP) is 7.19. The summed E-state index contributed by atoms with van der Waals surface area (Å²) in [5.74, 6) is 2.83. The molecule has 33 heavy (non-hydrogen) atoms. The fourth-order valence-corrected chi connectivity index (χ4v) is 7.45. The van der Waals surface area contributed by atoms with E-state index < -0.39 is 0 Å². The van der Waals surface area contributed by atoms with Gasteiger partial charge in [0.1, 0.15) is 0 Å². The highest BCUT2D eigenvalue weighted by atomic mass is 16.1. The Kier molecular flexibility index (Phi) is 5.32. The van der Waals surface area contributed by atoms with Crippen molar-refractivity contribution in [3.05, 3.63) is 101 Å². The molecule has 7 rings (SSSR count). The average molecular weight is 436 g/mol. The zero-order valence-electron chi connectivity index (χ0n) is 19.3. The lowest BCUT2D eigenvalue weighted by molar-refractivity contribution is -0.00518. The standard InChI is InChI=1S/C31H33NO/c33-30(29-9-5-4-8-26(29)11-10-22-6-2-1-3-7-22)32-28-14-12-27(13-15-28)31-19-23-16-24(20-31)18-25(17-23)21-31/h1-9,12-15,23-25H,10-11,16-21H2,(H,32,33). The summed E-state index contributed by atoms with van der Waals surface area (Å²) in [6.07, 6.45) is 10.3. The maximum Gasteiger partial charge on any atom is 0.255 e. The molecule has 3 aromatic carbocycles. The molecule has 2 nitrogen and oxygen atoms in total. The van der Waals surface area contributed by atoms with Gasteiger partial charge in [0.2, 0.25) is 0 Å². The molecule has 0 spiro atoms. The van der Waals surface area contributed by atoms with Gasteiger partial charge in [0.25, 0.3) is 5.91 Å². The van der Waals surface area contributed by atoms with Crippen LogP contribution in [0.3, 0.4) is 0 Å². The smallest absolute Gasteiger partial charge is 0.255 e. The molecule has 4 saturated carbocycles. The van der Waals surface area contributed by atoms with E-state index in [0.717, 1.165) is 47.4 Å². The lowest BCUT2D eigenvalue weighted by Gasteiger charge is -2.57. The molecular weight excluding hydrogens is 402 g/mol. The number of aryl methyl sites for hydroxylation is 2. The summed E-state index contributed by atoms with van der Waals surface area (Å²) < 4.78 is 0. The van der Waals surface area contributed by atoms with E-state index in [0.29, 0.717) is 5.41 Å². The van der Waals surface area contributed by atoms with Crippen LogP contribution < -0.4 is 5.32 Å². The highest BCUT2D eigenvalue weighted by Gasteiger charge is 2.51. The number of benzene rings is 3. The number of carbonyl (C=O) groups is 1. The van der Waals surface area contributed by atoms with Gasteiger partial charge in [-0.05, 0) is 109 Å². The predicted molar refractivity (Wildman–Crippen MR) is 135 cm³/mol. The van der Waals surface area contributed by atoms with Crippen molar-refractivity contribution in [2.45, 2.75) is 56.8 Å². The third-order valence-corrected chi connectivity index (χ3v) is 8.58. The van der Waals surface area contributed by atoms with Gasteiger partial charge in [-0.2, -0.15) is 0 Å². The number of nitrogens with one attached hydrogen (secondary N) is 1. The number of carbonyl (C=O) groups excluding carboxylic acids is 1. The van der Waals surface area contributed by atoms with Gasteiger partial charge in [0, 0.05) is 11.3 Å². The van der Waals surface area contributed by atoms with Gasteiger partial charge in [-0.1, -0.05) is 60.7 Å². The zero-order chi connectivity index (χ0) is 22.3. The lowest BCUT2D eigenvalue weighted by atomic mass is 9.48. The van der Waals surface area contributed by atoms with E-state index >= 15 is 0 Å². The molecule has 0 heterocycles. The Bertz CT molecular complexity index is 1100. The minimum absolute atomic E-state index is 0.0128. The first-order chi connectivity index (χ1) is 16.2. The van der Waals surface area contributed by atoms with Crippen LogP contribution in [0.2, 0.25) is 0 Å². The summed E-state index contributed by atoms with van der Waals surface area (Å²) in [5, 5.41) is 3.16. The Hall–Kier alpha value is -2.87. The minimum atomic E-state index is -0.0128. The van der Waals surface area contributed by atoms with Crippen molar-refractivity contribution in [2.75, 3.05) is 5.32 Å². The summed E-state index contributed by atoms with van der Waals surface area (Å²) in [4.78, 5) is 13.1. The van der Waals surface area contributed by atoms with Gasteiger partial charge in [0.05, 0.1) is 0 Å². The van der Waals surface area contributed by atoms with Crippen LogP contribution in [-0.4, -0.2) is 5.91 Å². The molecule has 4 bridgehead atoms. The number of anilines is 1. The van der Waals surface area contributed by atoms with Gasteiger partial charge in [-0.25, -0.2) is 0 Å². The molecule has 0 radical (unpaired) electrons. The van der Waals surface area contributed by atoms with Crippen molar-refractivity contribution < 1.29 is 4.79 Å². The molecule has 168 valence electrons. The Morgan fingerprint density at radius 3 is 2.00 bits per heavy atom. The van der Waals surface area contributed by atoms with E-state index in [4.69, 9.17) is 0 Å². The van der Waals surface area contributed by atoms with Crippen molar-refractivity contribution in [3.63, 3.8) is 0 Å². The monoisotopic (exact) mass is 435 g/mol. The Labute approximate surface area is 197 Å². The molecule has 1 amide bonds. The molecular formula is C31H33NO. The van der Waals surface area contributed by atoms with Crippen LogP contribution in [0.5, 0.6) is 0 Å². The van der Waals surface area contributed by atoms with Gasteiger partial charge in [-0.15, -0.1) is 0 Å². The van der Waals surface area contributed by atoms with Crippen LogP contribution in [0.4, 0.5) is 5.69 Å².